The average Bonchev–Trinajstić information content (AvgIpc) is 3.46. The van der Waals surface area contributed by atoms with E-state index in [2.05, 4.69) is 20.1 Å². The SMILES string of the molecule is CCN(CC(=O)NCc1ccc(F)cc1)C(=O)CSc1nnc(C)n1C1CC1. The van der Waals surface area contributed by atoms with Crippen molar-refractivity contribution < 1.29 is 14.0 Å². The zero-order valence-electron chi connectivity index (χ0n) is 16.0. The minimum absolute atomic E-state index is 0.00850. The number of benzene rings is 1. The summed E-state index contributed by atoms with van der Waals surface area (Å²) in [5, 5.41) is 11.8. The number of rotatable bonds is 9. The van der Waals surface area contributed by atoms with Gasteiger partial charge in [-0.3, -0.25) is 9.59 Å². The van der Waals surface area contributed by atoms with Gasteiger partial charge in [-0.25, -0.2) is 4.39 Å². The molecule has 7 nitrogen and oxygen atoms in total. The first kappa shape index (κ1) is 20.3. The molecule has 0 spiro atoms. The van der Waals surface area contributed by atoms with Crippen molar-refractivity contribution in [3.05, 3.63) is 41.5 Å². The third kappa shape index (κ3) is 5.31. The molecule has 1 aliphatic rings. The molecule has 0 aliphatic heterocycles. The molecule has 0 atom stereocenters. The van der Waals surface area contributed by atoms with Crippen molar-refractivity contribution in [1.29, 1.82) is 0 Å². The number of carbonyl (C=O) groups is 2. The number of hydrogen-bond acceptors (Lipinski definition) is 5. The third-order valence-corrected chi connectivity index (χ3v) is 5.47. The number of amides is 2. The molecule has 2 aromatic rings. The predicted molar refractivity (Wildman–Crippen MR) is 104 cm³/mol. The molecule has 0 radical (unpaired) electrons. The van der Waals surface area contributed by atoms with E-state index < -0.39 is 0 Å². The Hall–Kier alpha value is -2.42. The Labute approximate surface area is 167 Å². The van der Waals surface area contributed by atoms with E-state index in [9.17, 15) is 14.0 Å². The van der Waals surface area contributed by atoms with Crippen molar-refractivity contribution >= 4 is 23.6 Å². The predicted octanol–water partition coefficient (Wildman–Crippen LogP) is 2.32. The second-order valence-electron chi connectivity index (χ2n) is 6.73. The molecule has 1 aliphatic carbocycles. The lowest BCUT2D eigenvalue weighted by molar-refractivity contribution is -0.133. The number of nitrogens with one attached hydrogen (secondary N) is 1. The van der Waals surface area contributed by atoms with E-state index in [0.29, 0.717) is 19.1 Å². The topological polar surface area (TPSA) is 80.1 Å². The van der Waals surface area contributed by atoms with E-state index in [4.69, 9.17) is 0 Å². The van der Waals surface area contributed by atoms with Crippen molar-refractivity contribution in [2.45, 2.75) is 44.4 Å². The minimum atomic E-state index is -0.317. The van der Waals surface area contributed by atoms with Crippen molar-refractivity contribution in [3.63, 3.8) is 0 Å². The highest BCUT2D eigenvalue weighted by molar-refractivity contribution is 7.99. The highest BCUT2D eigenvalue weighted by Crippen LogP contribution is 2.38. The van der Waals surface area contributed by atoms with Gasteiger partial charge in [-0.15, -0.1) is 10.2 Å². The number of nitrogens with zero attached hydrogens (tertiary/aromatic N) is 4. The molecular formula is C19H24FN5O2S. The van der Waals surface area contributed by atoms with Gasteiger partial charge in [-0.05, 0) is 44.4 Å². The minimum Gasteiger partial charge on any atom is -0.350 e. The first-order chi connectivity index (χ1) is 13.5. The number of carbonyl (C=O) groups excluding carboxylic acids is 2. The van der Waals surface area contributed by atoms with E-state index in [1.807, 2.05) is 13.8 Å². The number of aromatic nitrogens is 3. The molecule has 1 N–H and O–H groups in total. The standard InChI is InChI=1S/C19H24FN5O2S/c1-3-24(11-17(26)21-10-14-4-6-15(20)7-5-14)18(27)12-28-19-23-22-13(2)25(19)16-8-9-16/h4-7,16H,3,8-12H2,1-2H3,(H,21,26). The zero-order valence-corrected chi connectivity index (χ0v) is 16.8. The summed E-state index contributed by atoms with van der Waals surface area (Å²) < 4.78 is 15.0. The van der Waals surface area contributed by atoms with E-state index in [0.717, 1.165) is 29.4 Å². The van der Waals surface area contributed by atoms with Crippen LogP contribution in [0.15, 0.2) is 29.4 Å². The van der Waals surface area contributed by atoms with Gasteiger partial charge in [0.05, 0.1) is 12.3 Å². The average molecular weight is 405 g/mol. The Morgan fingerprint density at radius 1 is 1.29 bits per heavy atom. The maximum atomic E-state index is 12.9. The second kappa shape index (κ2) is 9.18. The van der Waals surface area contributed by atoms with Crippen LogP contribution in [0.4, 0.5) is 4.39 Å². The summed E-state index contributed by atoms with van der Waals surface area (Å²) in [4.78, 5) is 26.2. The molecule has 1 heterocycles. The number of thioether (sulfide) groups is 1. The van der Waals surface area contributed by atoms with Crippen molar-refractivity contribution in [2.75, 3.05) is 18.8 Å². The molecule has 0 saturated heterocycles. The number of likely N-dealkylation sites (N-methyl/N-ethyl adjacent to an activating group) is 1. The summed E-state index contributed by atoms with van der Waals surface area (Å²) >= 11 is 1.36. The van der Waals surface area contributed by atoms with Crippen LogP contribution in [0, 0.1) is 12.7 Å². The Balaban J connectivity index is 1.47. The van der Waals surface area contributed by atoms with Crippen LogP contribution in [-0.4, -0.2) is 50.3 Å². The van der Waals surface area contributed by atoms with Crippen LogP contribution in [0.3, 0.4) is 0 Å². The van der Waals surface area contributed by atoms with Crippen LogP contribution in [-0.2, 0) is 16.1 Å². The first-order valence-corrected chi connectivity index (χ1v) is 10.3. The fourth-order valence-electron chi connectivity index (χ4n) is 2.83. The zero-order chi connectivity index (χ0) is 20.1. The first-order valence-electron chi connectivity index (χ1n) is 9.31. The van der Waals surface area contributed by atoms with E-state index >= 15 is 0 Å². The maximum absolute atomic E-state index is 12.9. The van der Waals surface area contributed by atoms with Gasteiger partial charge in [-0.1, -0.05) is 23.9 Å². The lowest BCUT2D eigenvalue weighted by Gasteiger charge is -2.20. The largest absolute Gasteiger partial charge is 0.350 e. The Kier molecular flexibility index (Phi) is 6.66. The lowest BCUT2D eigenvalue weighted by Crippen LogP contribution is -2.41. The van der Waals surface area contributed by atoms with Gasteiger partial charge >= 0.3 is 0 Å². The van der Waals surface area contributed by atoms with Gasteiger partial charge < -0.3 is 14.8 Å². The molecule has 2 amide bonds. The fourth-order valence-corrected chi connectivity index (χ4v) is 3.78. The second-order valence-corrected chi connectivity index (χ2v) is 7.67. The van der Waals surface area contributed by atoms with Gasteiger partial charge in [0.25, 0.3) is 0 Å². The quantitative estimate of drug-likeness (QED) is 0.648. The Morgan fingerprint density at radius 2 is 2.00 bits per heavy atom. The molecule has 0 unspecified atom stereocenters. The van der Waals surface area contributed by atoms with Crippen LogP contribution >= 0.6 is 11.8 Å². The summed E-state index contributed by atoms with van der Waals surface area (Å²) in [6.07, 6.45) is 2.24. The fraction of sp³-hybridized carbons (Fsp3) is 0.474. The summed E-state index contributed by atoms with van der Waals surface area (Å²) in [5.41, 5.74) is 0.800. The van der Waals surface area contributed by atoms with Crippen molar-refractivity contribution in [1.82, 2.24) is 25.0 Å². The van der Waals surface area contributed by atoms with E-state index in [-0.39, 0.29) is 29.9 Å². The number of aryl methyl sites for hydroxylation is 1. The molecule has 1 fully saturated rings. The molecule has 0 bridgehead atoms. The van der Waals surface area contributed by atoms with E-state index in [1.54, 1.807) is 12.1 Å². The van der Waals surface area contributed by atoms with Crippen LogP contribution < -0.4 is 5.32 Å². The smallest absolute Gasteiger partial charge is 0.239 e. The summed E-state index contributed by atoms with van der Waals surface area (Å²) in [5.74, 6) is 0.395. The highest BCUT2D eigenvalue weighted by Gasteiger charge is 2.28. The summed E-state index contributed by atoms with van der Waals surface area (Å²) in [6, 6.07) is 6.39. The molecule has 9 heteroatoms. The van der Waals surface area contributed by atoms with Gasteiger partial charge in [0.2, 0.25) is 11.8 Å². The molecule has 1 aromatic carbocycles. The lowest BCUT2D eigenvalue weighted by atomic mass is 10.2. The van der Waals surface area contributed by atoms with Gasteiger partial charge in [0.15, 0.2) is 5.16 Å². The Morgan fingerprint density at radius 3 is 2.64 bits per heavy atom. The Bertz CT molecular complexity index is 835. The van der Waals surface area contributed by atoms with Crippen LogP contribution in [0.5, 0.6) is 0 Å². The van der Waals surface area contributed by atoms with Crippen LogP contribution in [0.25, 0.3) is 0 Å². The highest BCUT2D eigenvalue weighted by atomic mass is 32.2. The number of hydrogen-bond donors (Lipinski definition) is 1. The van der Waals surface area contributed by atoms with Gasteiger partial charge in [0.1, 0.15) is 11.6 Å². The molecule has 1 saturated carbocycles. The van der Waals surface area contributed by atoms with Gasteiger partial charge in [0, 0.05) is 19.1 Å². The van der Waals surface area contributed by atoms with Gasteiger partial charge in [-0.2, -0.15) is 0 Å². The van der Waals surface area contributed by atoms with Crippen molar-refractivity contribution in [3.8, 4) is 0 Å². The van der Waals surface area contributed by atoms with Crippen LogP contribution in [0.1, 0.15) is 37.2 Å². The summed E-state index contributed by atoms with van der Waals surface area (Å²) in [7, 11) is 0. The molecule has 1 aromatic heterocycles. The molecule has 28 heavy (non-hydrogen) atoms. The normalized spacial score (nSPS) is 13.4. The van der Waals surface area contributed by atoms with Crippen LogP contribution in [0.2, 0.25) is 0 Å². The molecule has 150 valence electrons. The third-order valence-electron chi connectivity index (χ3n) is 4.54. The number of halogens is 1. The maximum Gasteiger partial charge on any atom is 0.239 e. The molecular weight excluding hydrogens is 381 g/mol. The van der Waals surface area contributed by atoms with Crippen molar-refractivity contribution in [2.24, 2.45) is 0 Å². The van der Waals surface area contributed by atoms with E-state index in [1.165, 1.54) is 28.8 Å². The summed E-state index contributed by atoms with van der Waals surface area (Å²) in [6.45, 7) is 4.49. The molecule has 3 rings (SSSR count). The monoisotopic (exact) mass is 405 g/mol.